The highest BCUT2D eigenvalue weighted by Gasteiger charge is 2.01. The number of rotatable bonds is 0. The molecule has 0 spiro atoms. The summed E-state index contributed by atoms with van der Waals surface area (Å²) in [5.41, 5.74) is 1.79. The molecule has 0 aliphatic heterocycles. The Bertz CT molecular complexity index is 514. The van der Waals surface area contributed by atoms with Crippen LogP contribution in [-0.2, 0) is 0 Å². The molecule has 0 bridgehead atoms. The molecule has 0 aliphatic rings. The van der Waals surface area contributed by atoms with Crippen molar-refractivity contribution >= 4 is 10.9 Å². The van der Waals surface area contributed by atoms with Gasteiger partial charge in [0.2, 0.25) is 0 Å². The minimum Gasteiger partial charge on any atom is -0.360 e. The Labute approximate surface area is 81.9 Å². The van der Waals surface area contributed by atoms with Gasteiger partial charge in [0.1, 0.15) is 5.82 Å². The predicted molar refractivity (Wildman–Crippen MR) is 55.4 cm³/mol. The zero-order valence-corrected chi connectivity index (χ0v) is 7.89. The van der Waals surface area contributed by atoms with Crippen LogP contribution in [0.25, 0.3) is 10.9 Å². The van der Waals surface area contributed by atoms with Crippen molar-refractivity contribution in [1.82, 2.24) is 4.98 Å². The van der Waals surface area contributed by atoms with E-state index < -0.39 is 0 Å². The molecule has 1 nitrogen and oxygen atoms in total. The zero-order valence-electron chi connectivity index (χ0n) is 7.89. The van der Waals surface area contributed by atoms with Crippen LogP contribution in [0.15, 0.2) is 24.4 Å². The number of hydrogen-bond acceptors (Lipinski definition) is 0. The maximum Gasteiger partial charge on any atom is 0.124 e. The third-order valence-corrected chi connectivity index (χ3v) is 2.04. The van der Waals surface area contributed by atoms with E-state index in [0.29, 0.717) is 0 Å². The minimum atomic E-state index is -0.225. The summed E-state index contributed by atoms with van der Waals surface area (Å²) in [4.78, 5) is 3.06. The van der Waals surface area contributed by atoms with Crippen molar-refractivity contribution in [2.75, 3.05) is 0 Å². The SMILES string of the molecule is CCC#Cc1c[nH]c2ccc(F)cc12. The van der Waals surface area contributed by atoms with Gasteiger partial charge < -0.3 is 4.98 Å². The van der Waals surface area contributed by atoms with Crippen LogP contribution in [-0.4, -0.2) is 4.98 Å². The summed E-state index contributed by atoms with van der Waals surface area (Å²) in [6.45, 7) is 1.99. The molecule has 2 aromatic rings. The summed E-state index contributed by atoms with van der Waals surface area (Å²) in [6, 6.07) is 4.67. The van der Waals surface area contributed by atoms with E-state index in [-0.39, 0.29) is 5.82 Å². The first-order valence-electron chi connectivity index (χ1n) is 4.57. The van der Waals surface area contributed by atoms with Crippen molar-refractivity contribution < 1.29 is 4.39 Å². The maximum absolute atomic E-state index is 13.0. The second kappa shape index (κ2) is 3.55. The summed E-state index contributed by atoms with van der Waals surface area (Å²) in [5.74, 6) is 5.74. The summed E-state index contributed by atoms with van der Waals surface area (Å²) < 4.78 is 13.0. The lowest BCUT2D eigenvalue weighted by molar-refractivity contribution is 0.629. The summed E-state index contributed by atoms with van der Waals surface area (Å²) in [5, 5.41) is 0.853. The van der Waals surface area contributed by atoms with Gasteiger partial charge in [0.05, 0.1) is 0 Å². The molecule has 1 N–H and O–H groups in total. The summed E-state index contributed by atoms with van der Waals surface area (Å²) >= 11 is 0. The largest absolute Gasteiger partial charge is 0.360 e. The molecule has 0 amide bonds. The minimum absolute atomic E-state index is 0.225. The molecule has 70 valence electrons. The maximum atomic E-state index is 13.0. The molecule has 0 atom stereocenters. The van der Waals surface area contributed by atoms with Gasteiger partial charge in [-0.2, -0.15) is 0 Å². The fourth-order valence-corrected chi connectivity index (χ4v) is 1.38. The molecular formula is C12H10FN. The third-order valence-electron chi connectivity index (χ3n) is 2.04. The summed E-state index contributed by atoms with van der Waals surface area (Å²) in [6.07, 6.45) is 2.62. The number of aromatic amines is 1. The van der Waals surface area contributed by atoms with Crippen molar-refractivity contribution in [3.8, 4) is 11.8 Å². The van der Waals surface area contributed by atoms with E-state index >= 15 is 0 Å². The average molecular weight is 187 g/mol. The van der Waals surface area contributed by atoms with Gasteiger partial charge in [-0.25, -0.2) is 4.39 Å². The van der Waals surface area contributed by atoms with Gasteiger partial charge in [-0.3, -0.25) is 0 Å². The highest BCUT2D eigenvalue weighted by molar-refractivity contribution is 5.86. The zero-order chi connectivity index (χ0) is 9.97. The molecular weight excluding hydrogens is 177 g/mol. The van der Waals surface area contributed by atoms with Crippen LogP contribution in [0.2, 0.25) is 0 Å². The first-order valence-corrected chi connectivity index (χ1v) is 4.57. The fourth-order valence-electron chi connectivity index (χ4n) is 1.38. The van der Waals surface area contributed by atoms with E-state index in [1.807, 2.05) is 13.1 Å². The Morgan fingerprint density at radius 3 is 3.07 bits per heavy atom. The van der Waals surface area contributed by atoms with Gasteiger partial charge >= 0.3 is 0 Å². The van der Waals surface area contributed by atoms with E-state index in [4.69, 9.17) is 0 Å². The van der Waals surface area contributed by atoms with Crippen LogP contribution in [0.1, 0.15) is 18.9 Å². The van der Waals surface area contributed by atoms with E-state index in [9.17, 15) is 4.39 Å². The molecule has 1 aromatic heterocycles. The summed E-state index contributed by atoms with van der Waals surface area (Å²) in [7, 11) is 0. The Kier molecular flexibility index (Phi) is 2.24. The molecule has 2 heteroatoms. The second-order valence-corrected chi connectivity index (χ2v) is 3.05. The smallest absolute Gasteiger partial charge is 0.124 e. The normalized spacial score (nSPS) is 9.86. The van der Waals surface area contributed by atoms with Crippen molar-refractivity contribution in [3.63, 3.8) is 0 Å². The van der Waals surface area contributed by atoms with Gasteiger partial charge in [0, 0.05) is 29.1 Å². The topological polar surface area (TPSA) is 15.8 Å². The monoisotopic (exact) mass is 187 g/mol. The number of H-pyrrole nitrogens is 1. The molecule has 0 saturated heterocycles. The van der Waals surface area contributed by atoms with Gasteiger partial charge in [-0.1, -0.05) is 18.8 Å². The van der Waals surface area contributed by atoms with Crippen molar-refractivity contribution in [3.05, 3.63) is 35.8 Å². The highest BCUT2D eigenvalue weighted by Crippen LogP contribution is 2.18. The standard InChI is InChI=1S/C12H10FN/c1-2-3-4-9-8-14-12-6-5-10(13)7-11(9)12/h5-8,14H,2H2,1H3. The number of hydrogen-bond donors (Lipinski definition) is 1. The number of fused-ring (bicyclic) bond motifs is 1. The average Bonchev–Trinajstić information content (AvgIpc) is 2.57. The molecule has 1 heterocycles. The Morgan fingerprint density at radius 2 is 2.29 bits per heavy atom. The van der Waals surface area contributed by atoms with E-state index in [1.165, 1.54) is 12.1 Å². The lowest BCUT2D eigenvalue weighted by Crippen LogP contribution is -1.74. The lowest BCUT2D eigenvalue weighted by atomic mass is 10.2. The highest BCUT2D eigenvalue weighted by atomic mass is 19.1. The van der Waals surface area contributed by atoms with Gasteiger partial charge in [0.15, 0.2) is 0 Å². The predicted octanol–water partition coefficient (Wildman–Crippen LogP) is 3.07. The van der Waals surface area contributed by atoms with Gasteiger partial charge in [-0.15, -0.1) is 0 Å². The molecule has 0 fully saturated rings. The molecule has 14 heavy (non-hydrogen) atoms. The first-order chi connectivity index (χ1) is 6.81. The third kappa shape index (κ3) is 1.49. The number of halogens is 1. The van der Waals surface area contributed by atoms with Crippen LogP contribution in [0.5, 0.6) is 0 Å². The molecule has 0 unspecified atom stereocenters. The van der Waals surface area contributed by atoms with E-state index in [1.54, 1.807) is 6.07 Å². The van der Waals surface area contributed by atoms with Crippen LogP contribution in [0.3, 0.4) is 0 Å². The number of aromatic nitrogens is 1. The number of nitrogens with one attached hydrogen (secondary N) is 1. The molecule has 1 aromatic carbocycles. The Hall–Kier alpha value is -1.75. The van der Waals surface area contributed by atoms with Crippen LogP contribution in [0, 0.1) is 17.7 Å². The van der Waals surface area contributed by atoms with E-state index in [2.05, 4.69) is 16.8 Å². The fraction of sp³-hybridized carbons (Fsp3) is 0.167. The van der Waals surface area contributed by atoms with Crippen LogP contribution < -0.4 is 0 Å². The molecule has 0 saturated carbocycles. The van der Waals surface area contributed by atoms with Crippen molar-refractivity contribution in [1.29, 1.82) is 0 Å². The van der Waals surface area contributed by atoms with Crippen molar-refractivity contribution in [2.24, 2.45) is 0 Å². The molecule has 0 aliphatic carbocycles. The van der Waals surface area contributed by atoms with Gasteiger partial charge in [0.25, 0.3) is 0 Å². The van der Waals surface area contributed by atoms with Crippen LogP contribution in [0.4, 0.5) is 4.39 Å². The quantitative estimate of drug-likeness (QED) is 0.610. The number of benzene rings is 1. The van der Waals surface area contributed by atoms with E-state index in [0.717, 1.165) is 22.9 Å². The lowest BCUT2D eigenvalue weighted by Gasteiger charge is -1.90. The van der Waals surface area contributed by atoms with Crippen LogP contribution >= 0.6 is 0 Å². The molecule has 0 radical (unpaired) electrons. The Morgan fingerprint density at radius 1 is 1.43 bits per heavy atom. The van der Waals surface area contributed by atoms with Crippen molar-refractivity contribution in [2.45, 2.75) is 13.3 Å². The second-order valence-electron chi connectivity index (χ2n) is 3.05. The molecule has 2 rings (SSSR count). The van der Waals surface area contributed by atoms with Gasteiger partial charge in [-0.05, 0) is 18.2 Å². The first kappa shape index (κ1) is 8.83. The Balaban J connectivity index is 2.61.